The number of piperidine rings is 1. The fourth-order valence-corrected chi connectivity index (χ4v) is 5.92. The van der Waals surface area contributed by atoms with Crippen LogP contribution in [0.3, 0.4) is 0 Å². The summed E-state index contributed by atoms with van der Waals surface area (Å²) < 4.78 is 25.6. The number of aromatic nitrogens is 1. The maximum atomic E-state index is 12.3. The third-order valence-corrected chi connectivity index (χ3v) is 8.03. The number of hydrogen-bond donors (Lipinski definition) is 0. The largest absolute Gasteiger partial charge is 0.295 e. The number of halogens is 1. The Balaban J connectivity index is 1.84. The van der Waals surface area contributed by atoms with E-state index < -0.39 is 10.0 Å². The minimum Gasteiger partial charge on any atom is -0.295 e. The predicted molar refractivity (Wildman–Crippen MR) is 124 cm³/mol. The van der Waals surface area contributed by atoms with E-state index >= 15 is 0 Å². The van der Waals surface area contributed by atoms with Crippen molar-refractivity contribution < 1.29 is 13.2 Å². The molecule has 1 aliphatic carbocycles. The third kappa shape index (κ3) is 4.76. The lowest BCUT2D eigenvalue weighted by atomic mass is 9.75. The highest BCUT2D eigenvalue weighted by Gasteiger charge is 2.34. The number of carbonyl (C=O) groups is 1. The van der Waals surface area contributed by atoms with Gasteiger partial charge < -0.3 is 0 Å². The van der Waals surface area contributed by atoms with E-state index in [-0.39, 0.29) is 17.6 Å². The number of sulfonamides is 1. The Kier molecular flexibility index (Phi) is 6.33. The number of nitrogens with zero attached hydrogens (tertiary/aromatic N) is 2. The lowest BCUT2D eigenvalue weighted by Crippen LogP contribution is -2.39. The first-order valence-corrected chi connectivity index (χ1v) is 12.9. The zero-order valence-corrected chi connectivity index (χ0v) is 19.4. The molecule has 4 rings (SSSR count). The van der Waals surface area contributed by atoms with E-state index in [2.05, 4.69) is 6.07 Å². The van der Waals surface area contributed by atoms with Gasteiger partial charge in [-0.2, -0.15) is 0 Å². The second kappa shape index (κ2) is 8.85. The lowest BCUT2D eigenvalue weighted by Gasteiger charge is -2.36. The van der Waals surface area contributed by atoms with Crippen LogP contribution < -0.4 is 0 Å². The molecular weight excluding hydrogens is 432 g/mol. The summed E-state index contributed by atoms with van der Waals surface area (Å²) in [6.45, 7) is 2.63. The van der Waals surface area contributed by atoms with Crippen LogP contribution in [0.1, 0.15) is 54.5 Å². The summed E-state index contributed by atoms with van der Waals surface area (Å²) in [5, 5.41) is 0.629. The minimum atomic E-state index is -3.19. The van der Waals surface area contributed by atoms with E-state index in [9.17, 15) is 13.2 Å². The number of fused-ring (bicyclic) bond motifs is 2. The zero-order valence-electron chi connectivity index (χ0n) is 17.8. The molecule has 0 bridgehead atoms. The Morgan fingerprint density at radius 3 is 2.58 bits per heavy atom. The van der Waals surface area contributed by atoms with Crippen LogP contribution >= 0.6 is 11.6 Å². The van der Waals surface area contributed by atoms with Crippen molar-refractivity contribution in [2.75, 3.05) is 19.3 Å². The molecule has 1 unspecified atom stereocenters. The summed E-state index contributed by atoms with van der Waals surface area (Å²) in [5.74, 6) is 0.336. The van der Waals surface area contributed by atoms with Gasteiger partial charge >= 0.3 is 0 Å². The van der Waals surface area contributed by atoms with Crippen molar-refractivity contribution in [1.29, 1.82) is 0 Å². The number of hydrogen-bond acceptors (Lipinski definition) is 4. The third-order valence-electron chi connectivity index (χ3n) is 6.49. The van der Waals surface area contributed by atoms with Crippen LogP contribution in [-0.4, -0.2) is 42.8 Å². The molecule has 5 nitrogen and oxygen atoms in total. The fourth-order valence-electron chi connectivity index (χ4n) is 4.87. The number of aryl methyl sites for hydroxylation is 1. The van der Waals surface area contributed by atoms with Gasteiger partial charge in [-0.25, -0.2) is 12.7 Å². The van der Waals surface area contributed by atoms with Crippen molar-refractivity contribution in [3.63, 3.8) is 0 Å². The maximum Gasteiger partial charge on any atom is 0.211 e. The smallest absolute Gasteiger partial charge is 0.211 e. The number of allylic oxidation sites excluding steroid dienone is 1. The normalized spacial score (nSPS) is 22.3. The zero-order chi connectivity index (χ0) is 22.2. The molecule has 7 heteroatoms. The summed E-state index contributed by atoms with van der Waals surface area (Å²) in [6, 6.07) is 9.90. The summed E-state index contributed by atoms with van der Waals surface area (Å²) >= 11 is 6.34. The highest BCUT2D eigenvalue weighted by Crippen LogP contribution is 2.42. The molecule has 1 aromatic heterocycles. The van der Waals surface area contributed by atoms with Crippen LogP contribution in [0, 0.1) is 5.92 Å². The number of carbonyl (C=O) groups excluding carboxylic acids is 1. The molecular formula is C24H27ClN2O3S. The first kappa shape index (κ1) is 22.2. The van der Waals surface area contributed by atoms with Gasteiger partial charge in [0.25, 0.3) is 0 Å². The van der Waals surface area contributed by atoms with E-state index in [0.717, 1.165) is 47.2 Å². The topological polar surface area (TPSA) is 67.3 Å². The van der Waals surface area contributed by atoms with Gasteiger partial charge in [-0.1, -0.05) is 23.7 Å². The van der Waals surface area contributed by atoms with Gasteiger partial charge in [0.05, 0.1) is 11.9 Å². The number of benzene rings is 1. The molecule has 2 aromatic rings. The maximum absolute atomic E-state index is 12.3. The molecule has 0 spiro atoms. The van der Waals surface area contributed by atoms with Gasteiger partial charge in [0, 0.05) is 30.2 Å². The second-order valence-electron chi connectivity index (χ2n) is 8.52. The molecule has 1 saturated heterocycles. The number of ketones is 1. The predicted octanol–water partition coefficient (Wildman–Crippen LogP) is 4.46. The van der Waals surface area contributed by atoms with Crippen molar-refractivity contribution in [3.8, 4) is 0 Å². The van der Waals surface area contributed by atoms with Crippen molar-refractivity contribution >= 4 is 33.5 Å². The van der Waals surface area contributed by atoms with Gasteiger partial charge in [0.2, 0.25) is 10.0 Å². The molecule has 164 valence electrons. The second-order valence-corrected chi connectivity index (χ2v) is 10.9. The Morgan fingerprint density at radius 2 is 1.90 bits per heavy atom. The summed E-state index contributed by atoms with van der Waals surface area (Å²) in [4.78, 5) is 17.1. The number of Topliss-reactive ketones (excluding diaryl/α,β-unsaturated/α-hetero) is 1. The van der Waals surface area contributed by atoms with Crippen molar-refractivity contribution in [2.24, 2.45) is 5.92 Å². The first-order valence-electron chi connectivity index (χ1n) is 10.6. The van der Waals surface area contributed by atoms with Crippen LogP contribution in [0.2, 0.25) is 5.02 Å². The van der Waals surface area contributed by atoms with Crippen LogP contribution in [0.4, 0.5) is 0 Å². The molecule has 1 aliphatic heterocycles. The molecule has 0 saturated carbocycles. The molecule has 31 heavy (non-hydrogen) atoms. The molecule has 0 radical (unpaired) electrons. The standard InChI is InChI=1S/C24H27ClN2O3S/c1-16(28)19-6-5-18-4-3-11-26-24(18)23(22-8-7-21(25)15-20(22)14-19)17-9-12-27(13-10-17)31(2,29)30/h3-4,7-8,11,14-15,17,23H,5-6,9-10,12-13H2,1-2H3/b19-14+. The average Bonchev–Trinajstić information content (AvgIpc) is 2.79. The summed E-state index contributed by atoms with van der Waals surface area (Å²) in [6.07, 6.45) is 8.00. The van der Waals surface area contributed by atoms with Crippen molar-refractivity contribution in [1.82, 2.24) is 9.29 Å². The van der Waals surface area contributed by atoms with Crippen LogP contribution in [0.25, 0.3) is 6.08 Å². The highest BCUT2D eigenvalue weighted by molar-refractivity contribution is 7.88. The van der Waals surface area contributed by atoms with Crippen LogP contribution in [0.5, 0.6) is 0 Å². The minimum absolute atomic E-state index is 0.0211. The quantitative estimate of drug-likeness (QED) is 0.681. The molecule has 0 N–H and O–H groups in total. The van der Waals surface area contributed by atoms with Gasteiger partial charge in [-0.15, -0.1) is 0 Å². The van der Waals surface area contributed by atoms with Gasteiger partial charge in [0.15, 0.2) is 5.78 Å². The van der Waals surface area contributed by atoms with E-state index in [0.29, 0.717) is 24.5 Å². The van der Waals surface area contributed by atoms with Gasteiger partial charge in [-0.05, 0) is 85.1 Å². The van der Waals surface area contributed by atoms with E-state index in [1.54, 1.807) is 11.2 Å². The Hall–Kier alpha value is -2.02. The fraction of sp³-hybridized carbons (Fsp3) is 0.417. The van der Waals surface area contributed by atoms with Crippen molar-refractivity contribution in [2.45, 2.75) is 38.5 Å². The summed E-state index contributed by atoms with van der Waals surface area (Å²) in [7, 11) is -3.19. The van der Waals surface area contributed by atoms with Crippen LogP contribution in [-0.2, 0) is 21.2 Å². The van der Waals surface area contributed by atoms with Gasteiger partial charge in [0.1, 0.15) is 0 Å². The molecule has 1 fully saturated rings. The van der Waals surface area contributed by atoms with E-state index in [4.69, 9.17) is 16.6 Å². The molecule has 1 atom stereocenters. The van der Waals surface area contributed by atoms with E-state index in [1.165, 1.54) is 6.26 Å². The molecule has 0 amide bonds. The molecule has 2 aliphatic rings. The lowest BCUT2D eigenvalue weighted by molar-refractivity contribution is -0.113. The first-order chi connectivity index (χ1) is 14.7. The molecule has 2 heterocycles. The Labute approximate surface area is 189 Å². The number of rotatable bonds is 3. The molecule has 1 aromatic carbocycles. The monoisotopic (exact) mass is 458 g/mol. The average molecular weight is 459 g/mol. The summed E-state index contributed by atoms with van der Waals surface area (Å²) in [5.41, 5.74) is 5.01. The van der Waals surface area contributed by atoms with Gasteiger partial charge in [-0.3, -0.25) is 9.78 Å². The van der Waals surface area contributed by atoms with Crippen molar-refractivity contribution in [3.05, 3.63) is 69.5 Å². The van der Waals surface area contributed by atoms with E-state index in [1.807, 2.05) is 36.5 Å². The SMILES string of the molecule is CC(=O)/C1=C/c2cc(Cl)ccc2C(C2CCN(S(C)(=O)=O)CC2)c2ncccc2CC1. The number of pyridine rings is 1. The Bertz CT molecular complexity index is 1140. The highest BCUT2D eigenvalue weighted by atomic mass is 35.5. The van der Waals surface area contributed by atoms with Crippen LogP contribution in [0.15, 0.2) is 42.1 Å². The Morgan fingerprint density at radius 1 is 1.16 bits per heavy atom.